The van der Waals surface area contributed by atoms with Crippen LogP contribution in [-0.4, -0.2) is 59.7 Å². The first kappa shape index (κ1) is 19.7. The summed E-state index contributed by atoms with van der Waals surface area (Å²) in [5.41, 5.74) is -0.0232. The van der Waals surface area contributed by atoms with Crippen LogP contribution in [0.25, 0.3) is 0 Å². The van der Waals surface area contributed by atoms with E-state index < -0.39 is 11.0 Å². The van der Waals surface area contributed by atoms with Crippen LogP contribution in [0, 0.1) is 5.41 Å². The molecule has 0 aliphatic carbocycles. The Hall–Kier alpha value is -2.08. The van der Waals surface area contributed by atoms with E-state index in [1.54, 1.807) is 4.90 Å². The van der Waals surface area contributed by atoms with Gasteiger partial charge < -0.3 is 14.4 Å². The average Bonchev–Trinajstić information content (AvgIpc) is 3.13. The van der Waals surface area contributed by atoms with Crippen molar-refractivity contribution in [2.75, 3.05) is 26.2 Å². The van der Waals surface area contributed by atoms with Crippen molar-refractivity contribution < 1.29 is 19.1 Å². The van der Waals surface area contributed by atoms with E-state index in [-0.39, 0.29) is 18.1 Å². The number of hydrogen-bond acceptors (Lipinski definition) is 5. The fourth-order valence-electron chi connectivity index (χ4n) is 4.15. The Bertz CT molecular complexity index is 685. The van der Waals surface area contributed by atoms with Crippen molar-refractivity contribution in [3.63, 3.8) is 0 Å². The van der Waals surface area contributed by atoms with Gasteiger partial charge in [0.15, 0.2) is 0 Å². The van der Waals surface area contributed by atoms with E-state index in [0.717, 1.165) is 13.1 Å². The molecule has 148 valence electrons. The molecule has 2 atom stereocenters. The van der Waals surface area contributed by atoms with Gasteiger partial charge in [-0.3, -0.25) is 9.69 Å². The molecule has 2 saturated heterocycles. The van der Waals surface area contributed by atoms with Gasteiger partial charge in [0.25, 0.3) is 0 Å². The van der Waals surface area contributed by atoms with Gasteiger partial charge in [-0.25, -0.2) is 4.79 Å². The summed E-state index contributed by atoms with van der Waals surface area (Å²) in [4.78, 5) is 29.5. The SMILES string of the molecule is CCOC(=O)[C@@]12CCN(Cc3ccccc3)[C@@H]1CN(C(=O)OC(C)(C)C)C2. The predicted octanol–water partition coefficient (Wildman–Crippen LogP) is 3.06. The van der Waals surface area contributed by atoms with E-state index in [1.807, 2.05) is 45.9 Å². The number of carbonyl (C=O) groups excluding carboxylic acids is 2. The number of fused-ring (bicyclic) bond motifs is 1. The van der Waals surface area contributed by atoms with Crippen LogP contribution in [0.1, 0.15) is 39.7 Å². The topological polar surface area (TPSA) is 59.1 Å². The molecule has 27 heavy (non-hydrogen) atoms. The maximum atomic E-state index is 12.9. The molecule has 0 unspecified atom stereocenters. The molecule has 0 N–H and O–H groups in total. The summed E-state index contributed by atoms with van der Waals surface area (Å²) in [6, 6.07) is 10.2. The fraction of sp³-hybridized carbons (Fsp3) is 0.619. The molecule has 0 spiro atoms. The van der Waals surface area contributed by atoms with Gasteiger partial charge in [0.05, 0.1) is 6.61 Å². The normalized spacial score (nSPS) is 25.3. The highest BCUT2D eigenvalue weighted by Gasteiger charge is 2.60. The first-order valence-electron chi connectivity index (χ1n) is 9.68. The number of ether oxygens (including phenoxy) is 2. The van der Waals surface area contributed by atoms with Gasteiger partial charge in [-0.05, 0) is 39.7 Å². The summed E-state index contributed by atoms with van der Waals surface area (Å²) in [5.74, 6) is -0.198. The van der Waals surface area contributed by atoms with Gasteiger partial charge in [0.1, 0.15) is 11.0 Å². The Balaban J connectivity index is 1.81. The Morgan fingerprint density at radius 2 is 1.93 bits per heavy atom. The van der Waals surface area contributed by atoms with Crippen molar-refractivity contribution in [3.05, 3.63) is 35.9 Å². The Morgan fingerprint density at radius 3 is 2.56 bits per heavy atom. The van der Waals surface area contributed by atoms with Crippen molar-refractivity contribution >= 4 is 12.1 Å². The minimum atomic E-state index is -0.665. The standard InChI is InChI=1S/C21H30N2O4/c1-5-26-18(24)21-11-12-22(13-16-9-7-6-8-10-16)17(21)14-23(15-21)19(25)27-20(2,3)4/h6-10,17H,5,11-15H2,1-4H3/t17-,21-/m1/s1. The molecule has 0 radical (unpaired) electrons. The van der Waals surface area contributed by atoms with Gasteiger partial charge in [0, 0.05) is 32.2 Å². The summed E-state index contributed by atoms with van der Waals surface area (Å²) in [6.45, 7) is 10.1. The van der Waals surface area contributed by atoms with E-state index in [1.165, 1.54) is 5.56 Å². The van der Waals surface area contributed by atoms with Gasteiger partial charge in [-0.2, -0.15) is 0 Å². The van der Waals surface area contributed by atoms with Crippen molar-refractivity contribution in [1.82, 2.24) is 9.80 Å². The number of nitrogens with zero attached hydrogens (tertiary/aromatic N) is 2. The summed E-state index contributed by atoms with van der Waals surface area (Å²) in [6.07, 6.45) is 0.336. The maximum Gasteiger partial charge on any atom is 0.410 e. The van der Waals surface area contributed by atoms with Crippen LogP contribution in [0.4, 0.5) is 4.79 Å². The molecule has 2 heterocycles. The molecular weight excluding hydrogens is 344 g/mol. The molecule has 2 aliphatic rings. The van der Waals surface area contributed by atoms with Crippen LogP contribution >= 0.6 is 0 Å². The molecule has 1 aromatic rings. The lowest BCUT2D eigenvalue weighted by Gasteiger charge is -2.28. The molecule has 3 rings (SSSR count). The summed E-state index contributed by atoms with van der Waals surface area (Å²) >= 11 is 0. The quantitative estimate of drug-likeness (QED) is 0.758. The third kappa shape index (κ3) is 4.10. The van der Waals surface area contributed by atoms with Crippen LogP contribution in [0.15, 0.2) is 30.3 Å². The van der Waals surface area contributed by atoms with Crippen molar-refractivity contribution in [1.29, 1.82) is 0 Å². The third-order valence-corrected chi connectivity index (χ3v) is 5.35. The number of benzene rings is 1. The number of esters is 1. The monoisotopic (exact) mass is 374 g/mol. The van der Waals surface area contributed by atoms with E-state index >= 15 is 0 Å². The largest absolute Gasteiger partial charge is 0.465 e. The smallest absolute Gasteiger partial charge is 0.410 e. The summed E-state index contributed by atoms with van der Waals surface area (Å²) in [7, 11) is 0. The number of amides is 1. The average molecular weight is 374 g/mol. The first-order valence-corrected chi connectivity index (χ1v) is 9.68. The van der Waals surface area contributed by atoms with Gasteiger partial charge in [-0.15, -0.1) is 0 Å². The first-order chi connectivity index (χ1) is 12.7. The van der Waals surface area contributed by atoms with E-state index in [4.69, 9.17) is 9.47 Å². The highest BCUT2D eigenvalue weighted by molar-refractivity contribution is 5.81. The van der Waals surface area contributed by atoms with E-state index in [9.17, 15) is 9.59 Å². The van der Waals surface area contributed by atoms with Gasteiger partial charge in [-0.1, -0.05) is 30.3 Å². The van der Waals surface area contributed by atoms with Gasteiger partial charge >= 0.3 is 12.1 Å². The van der Waals surface area contributed by atoms with Crippen LogP contribution in [0.2, 0.25) is 0 Å². The summed E-state index contributed by atoms with van der Waals surface area (Å²) in [5, 5.41) is 0. The Labute approximate surface area is 161 Å². The van der Waals surface area contributed by atoms with Gasteiger partial charge in [0.2, 0.25) is 0 Å². The van der Waals surface area contributed by atoms with E-state index in [2.05, 4.69) is 17.0 Å². The predicted molar refractivity (Wildman–Crippen MR) is 102 cm³/mol. The highest BCUT2D eigenvalue weighted by Crippen LogP contribution is 2.45. The lowest BCUT2D eigenvalue weighted by molar-refractivity contribution is -0.155. The van der Waals surface area contributed by atoms with Crippen LogP contribution in [-0.2, 0) is 20.8 Å². The molecule has 2 aliphatic heterocycles. The zero-order valence-corrected chi connectivity index (χ0v) is 16.7. The summed E-state index contributed by atoms with van der Waals surface area (Å²) < 4.78 is 11.0. The number of likely N-dealkylation sites (tertiary alicyclic amines) is 2. The zero-order valence-electron chi connectivity index (χ0n) is 16.7. The van der Waals surface area contributed by atoms with Crippen molar-refractivity contribution in [2.24, 2.45) is 5.41 Å². The maximum absolute atomic E-state index is 12.9. The second-order valence-corrected chi connectivity index (χ2v) is 8.46. The number of hydrogen-bond donors (Lipinski definition) is 0. The molecule has 0 bridgehead atoms. The van der Waals surface area contributed by atoms with Crippen LogP contribution < -0.4 is 0 Å². The van der Waals surface area contributed by atoms with Crippen LogP contribution in [0.3, 0.4) is 0 Å². The molecule has 6 nitrogen and oxygen atoms in total. The second kappa shape index (κ2) is 7.50. The van der Waals surface area contributed by atoms with Crippen LogP contribution in [0.5, 0.6) is 0 Å². The lowest BCUT2D eigenvalue weighted by atomic mass is 9.83. The van der Waals surface area contributed by atoms with Crippen molar-refractivity contribution in [2.45, 2.75) is 52.3 Å². The second-order valence-electron chi connectivity index (χ2n) is 8.46. The minimum absolute atomic E-state index is 0.0516. The Morgan fingerprint density at radius 1 is 1.22 bits per heavy atom. The molecule has 1 amide bonds. The van der Waals surface area contributed by atoms with E-state index in [0.29, 0.717) is 26.1 Å². The van der Waals surface area contributed by atoms with Crippen molar-refractivity contribution in [3.8, 4) is 0 Å². The number of rotatable bonds is 4. The zero-order chi connectivity index (χ0) is 19.7. The Kier molecular flexibility index (Phi) is 5.47. The molecule has 1 aromatic carbocycles. The third-order valence-electron chi connectivity index (χ3n) is 5.35. The molecular formula is C21H30N2O4. The molecule has 2 fully saturated rings. The molecule has 0 saturated carbocycles. The highest BCUT2D eigenvalue weighted by atomic mass is 16.6. The minimum Gasteiger partial charge on any atom is -0.465 e. The molecule has 0 aromatic heterocycles. The number of carbonyl (C=O) groups is 2. The lowest BCUT2D eigenvalue weighted by Crippen LogP contribution is -2.44. The molecule has 6 heteroatoms. The fourth-order valence-corrected chi connectivity index (χ4v) is 4.15.